The zero-order chi connectivity index (χ0) is 46.9. The molecular formula is C52H53Cl2N7O5. The average Bonchev–Trinajstić information content (AvgIpc) is 3.85. The molecule has 0 saturated carbocycles. The van der Waals surface area contributed by atoms with E-state index in [0.717, 1.165) is 44.6 Å². The van der Waals surface area contributed by atoms with E-state index in [1.807, 2.05) is 78.6 Å². The van der Waals surface area contributed by atoms with Crippen LogP contribution in [-0.4, -0.2) is 93.9 Å². The first-order chi connectivity index (χ1) is 31.6. The van der Waals surface area contributed by atoms with E-state index in [-0.39, 0.29) is 60.9 Å². The Morgan fingerprint density at radius 2 is 1.55 bits per heavy atom. The summed E-state index contributed by atoms with van der Waals surface area (Å²) >= 11 is 12.7. The number of hydrogen-bond acceptors (Lipinski definition) is 7. The first-order valence-corrected chi connectivity index (χ1v) is 23.1. The molecule has 340 valence electrons. The number of imide groups is 1. The molecular weight excluding hydrogens is 874 g/mol. The Morgan fingerprint density at radius 3 is 2.20 bits per heavy atom. The zero-order valence-electron chi connectivity index (χ0n) is 37.6. The van der Waals surface area contributed by atoms with Gasteiger partial charge < -0.3 is 20.0 Å². The van der Waals surface area contributed by atoms with Gasteiger partial charge >= 0.3 is 6.03 Å². The summed E-state index contributed by atoms with van der Waals surface area (Å²) in [5.74, 6) is 5.72. The second-order valence-corrected chi connectivity index (χ2v) is 19.1. The summed E-state index contributed by atoms with van der Waals surface area (Å²) in [4.78, 5) is 78.1. The number of halogens is 2. The van der Waals surface area contributed by atoms with Crippen LogP contribution in [0.3, 0.4) is 0 Å². The molecule has 4 aliphatic rings. The number of amides is 6. The van der Waals surface area contributed by atoms with Crippen LogP contribution >= 0.6 is 23.2 Å². The summed E-state index contributed by atoms with van der Waals surface area (Å²) in [5, 5.41) is 6.35. The lowest BCUT2D eigenvalue weighted by Crippen LogP contribution is -2.56. The van der Waals surface area contributed by atoms with Gasteiger partial charge in [-0.15, -0.1) is 0 Å². The summed E-state index contributed by atoms with van der Waals surface area (Å²) in [7, 11) is 0. The normalized spacial score (nSPS) is 19.5. The van der Waals surface area contributed by atoms with Crippen molar-refractivity contribution in [3.8, 4) is 11.8 Å². The van der Waals surface area contributed by atoms with Crippen molar-refractivity contribution >= 4 is 64.4 Å². The Kier molecular flexibility index (Phi) is 13.4. The molecule has 12 nitrogen and oxygen atoms in total. The maximum atomic E-state index is 15.0. The number of carbonyl (C=O) groups is 5. The van der Waals surface area contributed by atoms with Crippen molar-refractivity contribution in [3.05, 3.63) is 146 Å². The van der Waals surface area contributed by atoms with E-state index >= 15 is 4.79 Å². The fraction of sp³-hybridized carbons (Fsp3) is 0.346. The number of benzene rings is 4. The molecule has 66 heavy (non-hydrogen) atoms. The third-order valence-corrected chi connectivity index (χ3v) is 13.3. The SMILES string of the molecule is C=C1c2cccc(C#CCCC(=O)NCC(=O)N3CCN(C(=O)N4C(c5ccc(C(C)(C)C)cc5C)=N[C@H](c5ccc(Cl)cc5)[C@@H]4c4ccc(Cl)cc4)CC3)c2CN1C1CCC(=O)NC1=O. The molecule has 2 fully saturated rings. The monoisotopic (exact) mass is 925 g/mol. The Labute approximate surface area is 396 Å². The highest BCUT2D eigenvalue weighted by Crippen LogP contribution is 2.45. The van der Waals surface area contributed by atoms with Gasteiger partial charge in [-0.2, -0.15) is 0 Å². The van der Waals surface area contributed by atoms with Gasteiger partial charge in [-0.05, 0) is 76.9 Å². The molecule has 6 amide bonds. The topological polar surface area (TPSA) is 135 Å². The maximum absolute atomic E-state index is 15.0. The highest BCUT2D eigenvalue weighted by Gasteiger charge is 2.45. The summed E-state index contributed by atoms with van der Waals surface area (Å²) < 4.78 is 0. The number of rotatable bonds is 8. The van der Waals surface area contributed by atoms with E-state index < -0.39 is 18.1 Å². The van der Waals surface area contributed by atoms with Crippen LogP contribution in [0.2, 0.25) is 10.0 Å². The predicted octanol–water partition coefficient (Wildman–Crippen LogP) is 7.95. The van der Waals surface area contributed by atoms with Gasteiger partial charge in [0.05, 0.1) is 12.6 Å². The van der Waals surface area contributed by atoms with E-state index in [2.05, 4.69) is 68.0 Å². The summed E-state index contributed by atoms with van der Waals surface area (Å²) in [6, 6.07) is 25.5. The second kappa shape index (κ2) is 19.2. The number of nitrogens with zero attached hydrogens (tertiary/aromatic N) is 5. The van der Waals surface area contributed by atoms with Crippen molar-refractivity contribution < 1.29 is 24.0 Å². The lowest BCUT2D eigenvalue weighted by Gasteiger charge is -2.39. The van der Waals surface area contributed by atoms with Crippen LogP contribution in [0.25, 0.3) is 5.70 Å². The van der Waals surface area contributed by atoms with Gasteiger partial charge in [0, 0.05) is 84.4 Å². The molecule has 4 aromatic carbocycles. The van der Waals surface area contributed by atoms with Gasteiger partial charge in [-0.25, -0.2) is 4.79 Å². The van der Waals surface area contributed by atoms with Gasteiger partial charge in [-0.3, -0.25) is 34.4 Å². The quantitative estimate of drug-likeness (QED) is 0.136. The van der Waals surface area contributed by atoms with Crippen molar-refractivity contribution in [2.75, 3.05) is 32.7 Å². The van der Waals surface area contributed by atoms with Crippen molar-refractivity contribution in [3.63, 3.8) is 0 Å². The van der Waals surface area contributed by atoms with Crippen LogP contribution in [0, 0.1) is 18.8 Å². The van der Waals surface area contributed by atoms with Gasteiger partial charge in [0.1, 0.15) is 17.9 Å². The third-order valence-electron chi connectivity index (χ3n) is 12.8. The molecule has 0 aromatic heterocycles. The van der Waals surface area contributed by atoms with Crippen LogP contribution < -0.4 is 10.6 Å². The Bertz CT molecular complexity index is 2690. The molecule has 4 heterocycles. The molecule has 0 bridgehead atoms. The molecule has 2 N–H and O–H groups in total. The van der Waals surface area contributed by atoms with E-state index in [1.54, 1.807) is 14.7 Å². The molecule has 0 aliphatic carbocycles. The van der Waals surface area contributed by atoms with Crippen molar-refractivity contribution in [2.45, 2.75) is 83.5 Å². The number of nitrogens with one attached hydrogen (secondary N) is 2. The molecule has 0 spiro atoms. The number of aliphatic imine (C=N–C) groups is 1. The second-order valence-electron chi connectivity index (χ2n) is 18.2. The predicted molar refractivity (Wildman–Crippen MR) is 257 cm³/mol. The van der Waals surface area contributed by atoms with E-state index in [4.69, 9.17) is 28.2 Å². The van der Waals surface area contributed by atoms with Crippen molar-refractivity contribution in [2.24, 2.45) is 4.99 Å². The minimum Gasteiger partial charge on any atom is -0.355 e. The lowest BCUT2D eigenvalue weighted by molar-refractivity contribution is -0.136. The highest BCUT2D eigenvalue weighted by molar-refractivity contribution is 6.30. The standard InChI is InChI=1S/C52H53Cl2N7O5/c1-32-29-37(52(3,4)5)17-22-40(32)49-57-47(35-13-18-38(53)19-14-35)48(36-15-20-39(54)21-16-36)61(49)51(66)59-27-25-58(26-28-59)46(64)30-55-44(62)12-7-6-9-34-10-8-11-41-33(2)60(31-42(34)41)43-23-24-45(63)56-50(43)65/h8,10-11,13-22,29,43,47-48H,2,7,12,23-28,30-31H2,1,3-5H3,(H,55,62)(H,56,63,65)/t43?,47-,48+/m1/s1. The molecule has 3 atom stereocenters. The molecule has 2 saturated heterocycles. The minimum atomic E-state index is -0.504. The summed E-state index contributed by atoms with van der Waals surface area (Å²) in [6.07, 6.45) is 1.09. The Balaban J connectivity index is 0.903. The van der Waals surface area contributed by atoms with Crippen molar-refractivity contribution in [1.82, 2.24) is 30.2 Å². The zero-order valence-corrected chi connectivity index (χ0v) is 39.1. The first kappa shape index (κ1) is 46.1. The average molecular weight is 927 g/mol. The number of hydrogen-bond donors (Lipinski definition) is 2. The van der Waals surface area contributed by atoms with Crippen LogP contribution in [-0.2, 0) is 31.1 Å². The van der Waals surface area contributed by atoms with Gasteiger partial charge in [-0.1, -0.05) is 117 Å². The molecule has 1 unspecified atom stereocenters. The van der Waals surface area contributed by atoms with Gasteiger partial charge in [0.2, 0.25) is 23.6 Å². The maximum Gasteiger partial charge on any atom is 0.326 e. The van der Waals surface area contributed by atoms with Crippen LogP contribution in [0.15, 0.2) is 96.5 Å². The molecule has 4 aliphatic heterocycles. The largest absolute Gasteiger partial charge is 0.355 e. The molecule has 14 heteroatoms. The summed E-state index contributed by atoms with van der Waals surface area (Å²) in [5.41, 5.74) is 8.11. The number of amidine groups is 1. The number of urea groups is 1. The number of fused-ring (bicyclic) bond motifs is 1. The molecule has 4 aromatic rings. The number of carbonyl (C=O) groups excluding carboxylic acids is 5. The van der Waals surface area contributed by atoms with Crippen LogP contribution in [0.4, 0.5) is 4.79 Å². The van der Waals surface area contributed by atoms with Crippen LogP contribution in [0.5, 0.6) is 0 Å². The van der Waals surface area contributed by atoms with Gasteiger partial charge in [0.25, 0.3) is 0 Å². The number of piperidine rings is 1. The van der Waals surface area contributed by atoms with Crippen molar-refractivity contribution in [1.29, 1.82) is 0 Å². The number of aryl methyl sites for hydroxylation is 1. The smallest absolute Gasteiger partial charge is 0.326 e. The molecule has 0 radical (unpaired) electrons. The van der Waals surface area contributed by atoms with E-state index in [0.29, 0.717) is 55.0 Å². The van der Waals surface area contributed by atoms with E-state index in [9.17, 15) is 19.2 Å². The lowest BCUT2D eigenvalue weighted by atomic mass is 9.85. The van der Waals surface area contributed by atoms with Crippen LogP contribution in [0.1, 0.15) is 103 Å². The van der Waals surface area contributed by atoms with Gasteiger partial charge in [0.15, 0.2) is 0 Å². The first-order valence-electron chi connectivity index (χ1n) is 22.3. The fourth-order valence-electron chi connectivity index (χ4n) is 9.09. The summed E-state index contributed by atoms with van der Waals surface area (Å²) in [6.45, 7) is 14.2. The third kappa shape index (κ3) is 9.74. The van der Waals surface area contributed by atoms with E-state index in [1.165, 1.54) is 5.56 Å². The Morgan fingerprint density at radius 1 is 0.879 bits per heavy atom. The fourth-order valence-corrected chi connectivity index (χ4v) is 9.34. The molecule has 8 rings (SSSR count). The highest BCUT2D eigenvalue weighted by atomic mass is 35.5. The number of piperazine rings is 1. The Hall–Kier alpha value is -6.42. The minimum absolute atomic E-state index is 0.0729.